The van der Waals surface area contributed by atoms with Crippen molar-refractivity contribution in [3.8, 4) is 55.6 Å². The lowest BCUT2D eigenvalue weighted by Crippen LogP contribution is -1.84. The summed E-state index contributed by atoms with van der Waals surface area (Å²) in [5, 5.41) is 2.68. The van der Waals surface area contributed by atoms with Gasteiger partial charge in [0.1, 0.15) is 0 Å². The molecule has 0 spiro atoms. The summed E-state index contributed by atoms with van der Waals surface area (Å²) in [5.41, 5.74) is 12.9. The predicted octanol–water partition coefficient (Wildman–Crippen LogP) is 9.49. The van der Waals surface area contributed by atoms with Crippen LogP contribution in [-0.2, 0) is 0 Å². The van der Waals surface area contributed by atoms with Crippen LogP contribution in [0.5, 0.6) is 0 Å². The Labute approximate surface area is 199 Å². The smallest absolute Gasteiger partial charge is 0.00259 e. The van der Waals surface area contributed by atoms with E-state index in [1.807, 2.05) is 0 Å². The van der Waals surface area contributed by atoms with Gasteiger partial charge in [-0.2, -0.15) is 0 Å². The summed E-state index contributed by atoms with van der Waals surface area (Å²) in [4.78, 5) is 0. The molecule has 6 aromatic carbocycles. The minimum absolute atomic E-state index is 1.24. The molecule has 6 aromatic rings. The van der Waals surface area contributed by atoms with Gasteiger partial charge in [0, 0.05) is 0 Å². The standard InChI is InChI=1S/C34H22/c1-2-8-23(9-3-1)26-10-6-11-27(20-26)24-16-18-25(19-17-24)29-21-28-12-7-15-32-30-13-4-5-14-31(30)33(22-29)34(28)32/h1-22H. The Kier molecular flexibility index (Phi) is 4.25. The third-order valence-corrected chi connectivity index (χ3v) is 7.01. The van der Waals surface area contributed by atoms with Crippen LogP contribution in [0.15, 0.2) is 133 Å². The molecule has 0 atom stereocenters. The van der Waals surface area contributed by atoms with Gasteiger partial charge in [0.2, 0.25) is 0 Å². The van der Waals surface area contributed by atoms with Crippen LogP contribution >= 0.6 is 0 Å². The van der Waals surface area contributed by atoms with Crippen molar-refractivity contribution < 1.29 is 0 Å². The number of fused-ring (bicyclic) bond motifs is 3. The van der Waals surface area contributed by atoms with Crippen molar-refractivity contribution in [3.05, 3.63) is 133 Å². The molecule has 0 unspecified atom stereocenters. The second-order valence-corrected chi connectivity index (χ2v) is 9.00. The Morgan fingerprint density at radius 3 is 1.53 bits per heavy atom. The summed E-state index contributed by atoms with van der Waals surface area (Å²) < 4.78 is 0. The summed E-state index contributed by atoms with van der Waals surface area (Å²) in [6, 6.07) is 48.5. The van der Waals surface area contributed by atoms with Crippen LogP contribution in [0.3, 0.4) is 0 Å². The Hall–Kier alpha value is -4.42. The van der Waals surface area contributed by atoms with Gasteiger partial charge < -0.3 is 0 Å². The third-order valence-electron chi connectivity index (χ3n) is 7.01. The molecular formula is C34H22. The first kappa shape index (κ1) is 19.1. The summed E-state index contributed by atoms with van der Waals surface area (Å²) in [5.74, 6) is 0. The van der Waals surface area contributed by atoms with Gasteiger partial charge in [0.25, 0.3) is 0 Å². The lowest BCUT2D eigenvalue weighted by molar-refractivity contribution is 1.58. The maximum atomic E-state index is 2.36. The summed E-state index contributed by atoms with van der Waals surface area (Å²) in [6.07, 6.45) is 0. The van der Waals surface area contributed by atoms with E-state index in [9.17, 15) is 0 Å². The summed E-state index contributed by atoms with van der Waals surface area (Å²) >= 11 is 0. The van der Waals surface area contributed by atoms with Gasteiger partial charge in [0.05, 0.1) is 0 Å². The minimum Gasteiger partial charge on any atom is -0.0622 e. The predicted molar refractivity (Wildman–Crippen MR) is 145 cm³/mol. The van der Waals surface area contributed by atoms with Crippen LogP contribution in [0.2, 0.25) is 0 Å². The fourth-order valence-corrected chi connectivity index (χ4v) is 5.35. The molecular weight excluding hydrogens is 408 g/mol. The van der Waals surface area contributed by atoms with E-state index in [1.165, 1.54) is 66.4 Å². The van der Waals surface area contributed by atoms with Gasteiger partial charge in [-0.1, -0.05) is 115 Å². The van der Waals surface area contributed by atoms with Crippen LogP contribution in [0.25, 0.3) is 66.4 Å². The fourth-order valence-electron chi connectivity index (χ4n) is 5.35. The molecule has 0 radical (unpaired) electrons. The highest BCUT2D eigenvalue weighted by molar-refractivity contribution is 6.16. The van der Waals surface area contributed by atoms with Gasteiger partial charge in [0.15, 0.2) is 0 Å². The zero-order valence-corrected chi connectivity index (χ0v) is 18.7. The topological polar surface area (TPSA) is 0 Å². The average molecular weight is 431 g/mol. The molecule has 0 saturated carbocycles. The van der Waals surface area contributed by atoms with Crippen molar-refractivity contribution in [1.82, 2.24) is 0 Å². The minimum atomic E-state index is 1.24. The molecule has 0 aliphatic heterocycles. The number of hydrogen-bond acceptors (Lipinski definition) is 0. The van der Waals surface area contributed by atoms with Gasteiger partial charge in [-0.3, -0.25) is 0 Å². The van der Waals surface area contributed by atoms with E-state index in [4.69, 9.17) is 0 Å². The highest BCUT2D eigenvalue weighted by Gasteiger charge is 2.21. The summed E-state index contributed by atoms with van der Waals surface area (Å²) in [7, 11) is 0. The molecule has 0 fully saturated rings. The van der Waals surface area contributed by atoms with Crippen molar-refractivity contribution in [1.29, 1.82) is 0 Å². The van der Waals surface area contributed by atoms with Crippen molar-refractivity contribution in [2.24, 2.45) is 0 Å². The van der Waals surface area contributed by atoms with Crippen LogP contribution in [0.4, 0.5) is 0 Å². The van der Waals surface area contributed by atoms with Crippen molar-refractivity contribution in [2.75, 3.05) is 0 Å². The van der Waals surface area contributed by atoms with Crippen molar-refractivity contribution >= 4 is 10.8 Å². The molecule has 158 valence electrons. The van der Waals surface area contributed by atoms with Crippen LogP contribution < -0.4 is 0 Å². The van der Waals surface area contributed by atoms with E-state index in [1.54, 1.807) is 0 Å². The average Bonchev–Trinajstić information content (AvgIpc) is 3.24. The molecule has 0 heteroatoms. The third kappa shape index (κ3) is 3.00. The normalized spacial score (nSPS) is 11.5. The highest BCUT2D eigenvalue weighted by Crippen LogP contribution is 2.48. The monoisotopic (exact) mass is 430 g/mol. The van der Waals surface area contributed by atoms with Crippen LogP contribution in [0.1, 0.15) is 0 Å². The highest BCUT2D eigenvalue weighted by atomic mass is 14.2. The SMILES string of the molecule is c1ccc(-c2cccc(-c3ccc(-c4cc5c6c(cccc6c4)-c4ccccc4-5)cc3)c2)cc1. The fraction of sp³-hybridized carbons (Fsp3) is 0. The van der Waals surface area contributed by atoms with E-state index in [0.29, 0.717) is 0 Å². The molecule has 0 saturated heterocycles. The zero-order valence-electron chi connectivity index (χ0n) is 18.7. The first-order chi connectivity index (χ1) is 16.8. The zero-order chi connectivity index (χ0) is 22.5. The molecule has 1 aliphatic carbocycles. The van der Waals surface area contributed by atoms with Gasteiger partial charge in [-0.15, -0.1) is 0 Å². The Bertz CT molecular complexity index is 1670. The van der Waals surface area contributed by atoms with Crippen LogP contribution in [-0.4, -0.2) is 0 Å². The van der Waals surface area contributed by atoms with E-state index < -0.39 is 0 Å². The molecule has 7 rings (SSSR count). The maximum absolute atomic E-state index is 2.36. The maximum Gasteiger partial charge on any atom is -0.00259 e. The van der Waals surface area contributed by atoms with Crippen LogP contribution in [0, 0.1) is 0 Å². The largest absolute Gasteiger partial charge is 0.0622 e. The van der Waals surface area contributed by atoms with Gasteiger partial charge in [-0.25, -0.2) is 0 Å². The lowest BCUT2D eigenvalue weighted by Gasteiger charge is -2.10. The Morgan fingerprint density at radius 1 is 0.265 bits per heavy atom. The van der Waals surface area contributed by atoms with E-state index >= 15 is 0 Å². The Morgan fingerprint density at radius 2 is 0.794 bits per heavy atom. The van der Waals surface area contributed by atoms with Crippen molar-refractivity contribution in [3.63, 3.8) is 0 Å². The number of hydrogen-bond donors (Lipinski definition) is 0. The molecule has 0 heterocycles. The molecule has 0 aromatic heterocycles. The first-order valence-electron chi connectivity index (χ1n) is 11.8. The van der Waals surface area contributed by atoms with E-state index in [2.05, 4.69) is 133 Å². The number of benzene rings is 6. The molecule has 0 nitrogen and oxygen atoms in total. The van der Waals surface area contributed by atoms with Gasteiger partial charge >= 0.3 is 0 Å². The van der Waals surface area contributed by atoms with E-state index in [-0.39, 0.29) is 0 Å². The first-order valence-corrected chi connectivity index (χ1v) is 11.8. The van der Waals surface area contributed by atoms with Crippen molar-refractivity contribution in [2.45, 2.75) is 0 Å². The molecule has 0 amide bonds. The Balaban J connectivity index is 1.29. The molecule has 1 aliphatic rings. The quantitative estimate of drug-likeness (QED) is 0.262. The molecule has 0 N–H and O–H groups in total. The summed E-state index contributed by atoms with van der Waals surface area (Å²) in [6.45, 7) is 0. The second-order valence-electron chi connectivity index (χ2n) is 9.00. The molecule has 0 bridgehead atoms. The second kappa shape index (κ2) is 7.57. The lowest BCUT2D eigenvalue weighted by atomic mass is 9.94. The van der Waals surface area contributed by atoms with Gasteiger partial charge in [-0.05, 0) is 84.6 Å². The number of rotatable bonds is 3. The van der Waals surface area contributed by atoms with E-state index in [0.717, 1.165) is 0 Å². The molecule has 34 heavy (non-hydrogen) atoms.